The molecule has 0 amide bonds. The number of hydrogen-bond acceptors (Lipinski definition) is 4. The van der Waals surface area contributed by atoms with Gasteiger partial charge in [0, 0.05) is 0 Å². The van der Waals surface area contributed by atoms with E-state index in [1.54, 1.807) is 0 Å². The highest BCUT2D eigenvalue weighted by Crippen LogP contribution is 2.23. The summed E-state index contributed by atoms with van der Waals surface area (Å²) in [4.78, 5) is 24.7. The molecule has 37 heavy (non-hydrogen) atoms. The average Bonchev–Trinajstić information content (AvgIpc) is 2.80. The van der Waals surface area contributed by atoms with Crippen LogP contribution in [0.2, 0.25) is 0 Å². The Kier molecular flexibility index (Phi) is 22.2. The van der Waals surface area contributed by atoms with E-state index < -0.39 is 23.1 Å². The van der Waals surface area contributed by atoms with Crippen molar-refractivity contribution in [1.29, 1.82) is 0 Å². The molecule has 0 radical (unpaired) electrons. The number of hydrogen-bond donors (Lipinski definition) is 0. The lowest BCUT2D eigenvalue weighted by Gasteiger charge is -2.27. The summed E-state index contributed by atoms with van der Waals surface area (Å²) in [6.07, 6.45) is 27.1. The topological polar surface area (TPSA) is 52.6 Å². The van der Waals surface area contributed by atoms with Crippen molar-refractivity contribution < 1.29 is 19.1 Å². The summed E-state index contributed by atoms with van der Waals surface area (Å²) in [5.74, 6) is -0.950. The summed E-state index contributed by atoms with van der Waals surface area (Å²) in [7, 11) is 0. The van der Waals surface area contributed by atoms with Gasteiger partial charge in [0.25, 0.3) is 0 Å². The fourth-order valence-corrected chi connectivity index (χ4v) is 4.98. The third kappa shape index (κ3) is 25.0. The maximum absolute atomic E-state index is 12.4. The Morgan fingerprint density at radius 2 is 0.676 bits per heavy atom. The molecule has 0 aromatic heterocycles. The first-order valence-corrected chi connectivity index (χ1v) is 16.1. The lowest BCUT2D eigenvalue weighted by molar-refractivity contribution is -0.168. The highest BCUT2D eigenvalue weighted by Gasteiger charge is 2.27. The standard InChI is InChI=1S/C33H64O4/c1-7-9-11-13-15-17-19-21-23-25-27-32(3,4)36-30(34)29-31(35)37-33(5,6)28-26-24-22-20-18-16-14-12-10-8-2/h7-29H2,1-6H3. The molecule has 0 N–H and O–H groups in total. The normalized spacial score (nSPS) is 12.1. The minimum absolute atomic E-state index is 0.303. The molecule has 0 aliphatic carbocycles. The van der Waals surface area contributed by atoms with E-state index in [4.69, 9.17) is 9.47 Å². The summed E-state index contributed by atoms with van der Waals surface area (Å²) < 4.78 is 11.3. The number of unbranched alkanes of at least 4 members (excludes halogenated alkanes) is 18. The zero-order chi connectivity index (χ0) is 27.8. The van der Waals surface area contributed by atoms with Crippen molar-refractivity contribution in [2.75, 3.05) is 0 Å². The first kappa shape index (κ1) is 35.9. The molecule has 0 heterocycles. The van der Waals surface area contributed by atoms with E-state index in [0.29, 0.717) is 0 Å². The molecule has 0 aromatic carbocycles. The van der Waals surface area contributed by atoms with Crippen molar-refractivity contribution in [1.82, 2.24) is 0 Å². The Bertz CT molecular complexity index is 505. The van der Waals surface area contributed by atoms with Gasteiger partial charge in [-0.05, 0) is 53.4 Å². The van der Waals surface area contributed by atoms with Crippen LogP contribution < -0.4 is 0 Å². The molecule has 220 valence electrons. The average molecular weight is 525 g/mol. The molecule has 0 atom stereocenters. The molecule has 0 rings (SSSR count). The van der Waals surface area contributed by atoms with Crippen molar-refractivity contribution in [3.05, 3.63) is 0 Å². The van der Waals surface area contributed by atoms with Crippen molar-refractivity contribution in [3.63, 3.8) is 0 Å². The van der Waals surface area contributed by atoms with Crippen LogP contribution in [0.4, 0.5) is 0 Å². The Morgan fingerprint density at radius 1 is 0.432 bits per heavy atom. The summed E-state index contributed by atoms with van der Waals surface area (Å²) in [5.41, 5.74) is -1.08. The van der Waals surface area contributed by atoms with Crippen LogP contribution in [0.15, 0.2) is 0 Å². The van der Waals surface area contributed by atoms with Crippen LogP contribution in [-0.2, 0) is 19.1 Å². The fraction of sp³-hybridized carbons (Fsp3) is 0.939. The Labute approximate surface area is 231 Å². The first-order valence-electron chi connectivity index (χ1n) is 16.1. The van der Waals surface area contributed by atoms with E-state index in [9.17, 15) is 9.59 Å². The number of ether oxygens (including phenoxy) is 2. The van der Waals surface area contributed by atoms with E-state index in [1.807, 2.05) is 27.7 Å². The Morgan fingerprint density at radius 3 is 0.946 bits per heavy atom. The molecule has 0 spiro atoms. The lowest BCUT2D eigenvalue weighted by Crippen LogP contribution is -2.32. The first-order chi connectivity index (χ1) is 17.6. The van der Waals surface area contributed by atoms with Crippen molar-refractivity contribution in [3.8, 4) is 0 Å². The smallest absolute Gasteiger partial charge is 0.317 e. The zero-order valence-electron chi connectivity index (χ0n) is 25.9. The van der Waals surface area contributed by atoms with E-state index in [2.05, 4.69) is 13.8 Å². The summed E-state index contributed by atoms with van der Waals surface area (Å²) >= 11 is 0. The SMILES string of the molecule is CCCCCCCCCCCCC(C)(C)OC(=O)CC(=O)OC(C)(C)CCCCCCCCCCCC. The Hall–Kier alpha value is -1.06. The summed E-state index contributed by atoms with van der Waals surface area (Å²) in [6, 6.07) is 0. The van der Waals surface area contributed by atoms with Crippen LogP contribution in [0.5, 0.6) is 0 Å². The maximum Gasteiger partial charge on any atom is 0.317 e. The lowest BCUT2D eigenvalue weighted by atomic mass is 9.98. The number of esters is 2. The zero-order valence-corrected chi connectivity index (χ0v) is 25.9. The molecule has 0 saturated carbocycles. The summed E-state index contributed by atoms with van der Waals surface area (Å²) in [6.45, 7) is 12.3. The van der Waals surface area contributed by atoms with E-state index >= 15 is 0 Å². The van der Waals surface area contributed by atoms with Crippen LogP contribution >= 0.6 is 0 Å². The molecule has 4 heteroatoms. The molecule has 0 fully saturated rings. The molecule has 0 aliphatic heterocycles. The molecule has 0 aromatic rings. The van der Waals surface area contributed by atoms with Crippen LogP contribution in [0, 0.1) is 0 Å². The van der Waals surface area contributed by atoms with Gasteiger partial charge in [-0.25, -0.2) is 0 Å². The van der Waals surface area contributed by atoms with Crippen molar-refractivity contribution in [2.24, 2.45) is 0 Å². The van der Waals surface area contributed by atoms with Gasteiger partial charge in [-0.2, -0.15) is 0 Å². The van der Waals surface area contributed by atoms with Gasteiger partial charge >= 0.3 is 11.9 Å². The molecule has 4 nitrogen and oxygen atoms in total. The van der Waals surface area contributed by atoms with E-state index in [1.165, 1.54) is 116 Å². The number of rotatable bonds is 26. The quantitative estimate of drug-likeness (QED) is 0.0641. The minimum atomic E-state index is -0.539. The molecule has 0 saturated heterocycles. The fourth-order valence-electron chi connectivity index (χ4n) is 4.98. The minimum Gasteiger partial charge on any atom is -0.459 e. The van der Waals surface area contributed by atoms with Gasteiger partial charge in [-0.1, -0.05) is 129 Å². The van der Waals surface area contributed by atoms with Gasteiger partial charge in [0.1, 0.15) is 17.6 Å². The van der Waals surface area contributed by atoms with Gasteiger partial charge in [0.05, 0.1) is 0 Å². The number of carbonyl (C=O) groups excluding carboxylic acids is 2. The molecular formula is C33H64O4. The Balaban J connectivity index is 3.89. The van der Waals surface area contributed by atoms with Gasteiger partial charge in [0.2, 0.25) is 0 Å². The van der Waals surface area contributed by atoms with Crippen molar-refractivity contribution >= 4 is 11.9 Å². The number of carbonyl (C=O) groups is 2. The van der Waals surface area contributed by atoms with E-state index in [-0.39, 0.29) is 6.42 Å². The van der Waals surface area contributed by atoms with E-state index in [0.717, 1.165) is 25.7 Å². The highest BCUT2D eigenvalue weighted by atomic mass is 16.6. The second-order valence-corrected chi connectivity index (χ2v) is 12.5. The monoisotopic (exact) mass is 524 g/mol. The van der Waals surface area contributed by atoms with Gasteiger partial charge in [0.15, 0.2) is 0 Å². The van der Waals surface area contributed by atoms with Crippen LogP contribution in [0.1, 0.15) is 189 Å². The van der Waals surface area contributed by atoms with Crippen LogP contribution in [0.3, 0.4) is 0 Å². The summed E-state index contributed by atoms with van der Waals surface area (Å²) in [5, 5.41) is 0. The molecule has 0 bridgehead atoms. The third-order valence-electron chi connectivity index (χ3n) is 7.33. The van der Waals surface area contributed by atoms with Crippen molar-refractivity contribution in [2.45, 2.75) is 200 Å². The van der Waals surface area contributed by atoms with Gasteiger partial charge in [-0.15, -0.1) is 0 Å². The van der Waals surface area contributed by atoms with Crippen LogP contribution in [0.25, 0.3) is 0 Å². The van der Waals surface area contributed by atoms with Crippen LogP contribution in [-0.4, -0.2) is 23.1 Å². The molecule has 0 aliphatic rings. The second kappa shape index (κ2) is 22.9. The highest BCUT2D eigenvalue weighted by molar-refractivity contribution is 5.91. The third-order valence-corrected chi connectivity index (χ3v) is 7.33. The second-order valence-electron chi connectivity index (χ2n) is 12.5. The molecule has 0 unspecified atom stereocenters. The predicted molar refractivity (Wildman–Crippen MR) is 158 cm³/mol. The predicted octanol–water partition coefficient (Wildman–Crippen LogP) is 10.6. The largest absolute Gasteiger partial charge is 0.459 e. The maximum atomic E-state index is 12.4. The molecular weight excluding hydrogens is 460 g/mol. The van der Waals surface area contributed by atoms with Gasteiger partial charge in [-0.3, -0.25) is 9.59 Å². The van der Waals surface area contributed by atoms with Gasteiger partial charge < -0.3 is 9.47 Å².